The third-order valence-electron chi connectivity index (χ3n) is 5.42. The van der Waals surface area contributed by atoms with Crippen LogP contribution in [0.2, 0.25) is 5.02 Å². The molecule has 1 aliphatic heterocycles. The minimum Gasteiger partial charge on any atom is -0.494 e. The van der Waals surface area contributed by atoms with Crippen LogP contribution >= 0.6 is 11.6 Å². The van der Waals surface area contributed by atoms with Crippen LogP contribution in [0, 0.1) is 0 Å². The van der Waals surface area contributed by atoms with Crippen molar-refractivity contribution >= 4 is 53.1 Å². The Kier molecular flexibility index (Phi) is 12.7. The van der Waals surface area contributed by atoms with Gasteiger partial charge in [0.1, 0.15) is 29.4 Å². The first-order valence-corrected chi connectivity index (χ1v) is 12.8. The van der Waals surface area contributed by atoms with Crippen LogP contribution in [-0.4, -0.2) is 49.0 Å². The van der Waals surface area contributed by atoms with Crippen LogP contribution in [0.15, 0.2) is 55.3 Å². The molecule has 39 heavy (non-hydrogen) atoms. The van der Waals surface area contributed by atoms with E-state index in [2.05, 4.69) is 44.7 Å². The first-order valence-electron chi connectivity index (χ1n) is 12.5. The van der Waals surface area contributed by atoms with Gasteiger partial charge in [0.2, 0.25) is 11.9 Å². The lowest BCUT2D eigenvalue weighted by Gasteiger charge is -2.29. The third kappa shape index (κ3) is 8.42. The van der Waals surface area contributed by atoms with Gasteiger partial charge in [0.05, 0.1) is 24.7 Å². The van der Waals surface area contributed by atoms with E-state index in [1.165, 1.54) is 12.3 Å². The second-order valence-corrected chi connectivity index (χ2v) is 8.20. The Morgan fingerprint density at radius 2 is 1.85 bits per heavy atom. The van der Waals surface area contributed by atoms with Crippen LogP contribution in [0.25, 0.3) is 0 Å². The number of carbonyl (C=O) groups excluding carboxylic acids is 2. The molecule has 3 aromatic rings. The highest BCUT2D eigenvalue weighted by Crippen LogP contribution is 2.39. The minimum absolute atomic E-state index is 0.0112. The number of ether oxygens (including phenoxy) is 2. The maximum Gasteiger partial charge on any atom is 0.247 e. The van der Waals surface area contributed by atoms with E-state index in [0.717, 1.165) is 30.8 Å². The maximum atomic E-state index is 12.0. The number of hydrogen-bond acceptors (Lipinski definition) is 9. The average molecular weight is 555 g/mol. The fourth-order valence-corrected chi connectivity index (χ4v) is 3.58. The average Bonchev–Trinajstić information content (AvgIpc) is 2.95. The second kappa shape index (κ2) is 16.0. The standard InChI is InChI=1S/C25H27ClN6O3.C2H6.CH2O/c1-4-15-8-6-7-9-18(15)30-24-17(26)14-28-25(32-24)31-19-10-20(29-23(33)5-2)22(11-21(19)34-3)35-16-12-27-13-16;2*1-2/h5-11,14,16,27H,2,4,12-13H2,1,3H3,(H,29,33)(H2,28,30,31,32);1-2H3;1H2. The lowest BCUT2D eigenvalue weighted by Crippen LogP contribution is -2.50. The molecule has 1 aromatic heterocycles. The normalized spacial score (nSPS) is 11.8. The Labute approximate surface area is 234 Å². The van der Waals surface area contributed by atoms with Gasteiger partial charge in [0.25, 0.3) is 0 Å². The highest BCUT2D eigenvalue weighted by molar-refractivity contribution is 6.32. The summed E-state index contributed by atoms with van der Waals surface area (Å²) in [4.78, 5) is 28.9. The lowest BCUT2D eigenvalue weighted by atomic mass is 10.1. The highest BCUT2D eigenvalue weighted by atomic mass is 35.5. The fourth-order valence-electron chi connectivity index (χ4n) is 3.45. The van der Waals surface area contributed by atoms with E-state index in [1.54, 1.807) is 19.2 Å². The summed E-state index contributed by atoms with van der Waals surface area (Å²) in [6.07, 6.45) is 3.58. The Morgan fingerprint density at radius 1 is 1.13 bits per heavy atom. The molecule has 0 saturated carbocycles. The molecule has 4 N–H and O–H groups in total. The van der Waals surface area contributed by atoms with E-state index in [-0.39, 0.29) is 12.0 Å². The molecule has 0 radical (unpaired) electrons. The first-order chi connectivity index (χ1) is 19.0. The number of nitrogens with one attached hydrogen (secondary N) is 4. The number of rotatable bonds is 10. The summed E-state index contributed by atoms with van der Waals surface area (Å²) in [6, 6.07) is 11.4. The lowest BCUT2D eigenvalue weighted by molar-refractivity contribution is -0.111. The molecule has 4 rings (SSSR count). The topological polar surface area (TPSA) is 126 Å². The molecule has 0 unspecified atom stereocenters. The molecule has 1 saturated heterocycles. The zero-order chi connectivity index (χ0) is 28.8. The van der Waals surface area contributed by atoms with Gasteiger partial charge in [0.15, 0.2) is 5.82 Å². The highest BCUT2D eigenvalue weighted by Gasteiger charge is 2.22. The van der Waals surface area contributed by atoms with Crippen LogP contribution < -0.4 is 30.7 Å². The number of benzene rings is 2. The van der Waals surface area contributed by atoms with Gasteiger partial charge in [-0.3, -0.25) is 4.79 Å². The van der Waals surface area contributed by atoms with Crippen molar-refractivity contribution in [3.05, 3.63) is 65.8 Å². The molecule has 0 bridgehead atoms. The molecular formula is C28H35ClN6O4. The number of halogens is 1. The second-order valence-electron chi connectivity index (χ2n) is 7.79. The van der Waals surface area contributed by atoms with Crippen LogP contribution in [0.1, 0.15) is 26.3 Å². The summed E-state index contributed by atoms with van der Waals surface area (Å²) >= 11 is 6.37. The largest absolute Gasteiger partial charge is 0.494 e. The summed E-state index contributed by atoms with van der Waals surface area (Å²) < 4.78 is 11.6. The summed E-state index contributed by atoms with van der Waals surface area (Å²) in [5, 5.41) is 12.8. The van der Waals surface area contributed by atoms with Gasteiger partial charge < -0.3 is 35.5 Å². The molecule has 208 valence electrons. The van der Waals surface area contributed by atoms with Crippen molar-refractivity contribution < 1.29 is 19.1 Å². The number of hydrogen-bond donors (Lipinski definition) is 4. The molecule has 11 heteroatoms. The van der Waals surface area contributed by atoms with Gasteiger partial charge >= 0.3 is 0 Å². The van der Waals surface area contributed by atoms with Gasteiger partial charge in [-0.15, -0.1) is 0 Å². The van der Waals surface area contributed by atoms with Crippen LogP contribution in [0.4, 0.5) is 28.8 Å². The van der Waals surface area contributed by atoms with Crippen molar-refractivity contribution in [3.63, 3.8) is 0 Å². The maximum absolute atomic E-state index is 12.0. The van der Waals surface area contributed by atoms with Gasteiger partial charge in [-0.25, -0.2) is 4.98 Å². The number of carbonyl (C=O) groups is 2. The smallest absolute Gasteiger partial charge is 0.247 e. The van der Waals surface area contributed by atoms with Crippen molar-refractivity contribution in [2.24, 2.45) is 0 Å². The van der Waals surface area contributed by atoms with Gasteiger partial charge in [-0.2, -0.15) is 4.98 Å². The van der Waals surface area contributed by atoms with Crippen LogP contribution in [0.3, 0.4) is 0 Å². The Hall–Kier alpha value is -4.15. The van der Waals surface area contributed by atoms with E-state index in [1.807, 2.05) is 44.9 Å². The predicted molar refractivity (Wildman–Crippen MR) is 157 cm³/mol. The van der Waals surface area contributed by atoms with E-state index >= 15 is 0 Å². The van der Waals surface area contributed by atoms with Crippen molar-refractivity contribution in [1.82, 2.24) is 15.3 Å². The van der Waals surface area contributed by atoms with Gasteiger partial charge in [0, 0.05) is 24.8 Å². The zero-order valence-electron chi connectivity index (χ0n) is 22.6. The van der Waals surface area contributed by atoms with Crippen molar-refractivity contribution in [2.45, 2.75) is 33.3 Å². The molecule has 1 fully saturated rings. The first kappa shape index (κ1) is 31.1. The Morgan fingerprint density at radius 3 is 2.46 bits per heavy atom. The number of methoxy groups -OCH3 is 1. The summed E-state index contributed by atoms with van der Waals surface area (Å²) in [7, 11) is 1.55. The quantitative estimate of drug-likeness (QED) is 0.240. The number of aryl methyl sites for hydroxylation is 1. The van der Waals surface area contributed by atoms with Gasteiger partial charge in [-0.1, -0.05) is 57.2 Å². The monoisotopic (exact) mass is 554 g/mol. The number of aromatic nitrogens is 2. The molecule has 1 aliphatic rings. The Balaban J connectivity index is 0.00000127. The zero-order valence-corrected chi connectivity index (χ0v) is 23.4. The molecule has 0 atom stereocenters. The summed E-state index contributed by atoms with van der Waals surface area (Å²) in [6.45, 7) is 13.1. The van der Waals surface area contributed by atoms with Crippen LogP contribution in [-0.2, 0) is 16.0 Å². The molecule has 0 aliphatic carbocycles. The van der Waals surface area contributed by atoms with E-state index < -0.39 is 0 Å². The van der Waals surface area contributed by atoms with E-state index in [4.69, 9.17) is 25.9 Å². The van der Waals surface area contributed by atoms with E-state index in [0.29, 0.717) is 39.7 Å². The number of anilines is 5. The summed E-state index contributed by atoms with van der Waals surface area (Å²) in [5.74, 6) is 1.38. The third-order valence-corrected chi connectivity index (χ3v) is 5.70. The number of amides is 1. The molecule has 2 heterocycles. The number of para-hydroxylation sites is 1. The molecule has 2 aromatic carbocycles. The van der Waals surface area contributed by atoms with Crippen molar-refractivity contribution in [1.29, 1.82) is 0 Å². The number of nitrogens with zero attached hydrogens (tertiary/aromatic N) is 2. The SMILES string of the molecule is C=CC(=O)Nc1cc(Nc2ncc(Cl)c(Nc3ccccc3CC)n2)c(OC)cc1OC1CNC1.C=O.CC. The van der Waals surface area contributed by atoms with Crippen molar-refractivity contribution in [2.75, 3.05) is 36.1 Å². The minimum atomic E-state index is -0.360. The van der Waals surface area contributed by atoms with Crippen molar-refractivity contribution in [3.8, 4) is 11.5 Å². The molecule has 10 nitrogen and oxygen atoms in total. The predicted octanol–water partition coefficient (Wildman–Crippen LogP) is 5.50. The van der Waals surface area contributed by atoms with Gasteiger partial charge in [-0.05, 0) is 30.2 Å². The van der Waals surface area contributed by atoms with E-state index in [9.17, 15) is 4.79 Å². The Bertz CT molecular complexity index is 1250. The van der Waals surface area contributed by atoms with Crippen LogP contribution in [0.5, 0.6) is 11.5 Å². The molecular weight excluding hydrogens is 520 g/mol. The summed E-state index contributed by atoms with van der Waals surface area (Å²) in [5.41, 5.74) is 3.06. The fraction of sp³-hybridized carbons (Fsp3) is 0.286. The molecule has 0 spiro atoms. The molecule has 1 amide bonds.